The number of carbonyl (C=O) groups is 2. The third-order valence-corrected chi connectivity index (χ3v) is 11.8. The van der Waals surface area contributed by atoms with Gasteiger partial charge in [-0.3, -0.25) is 9.59 Å². The zero-order valence-electron chi connectivity index (χ0n) is 32.9. The summed E-state index contributed by atoms with van der Waals surface area (Å²) in [6.45, 7) is 16.3. The Labute approximate surface area is 304 Å². The van der Waals surface area contributed by atoms with Crippen LogP contribution >= 0.6 is 0 Å². The smallest absolute Gasteiger partial charge is 0.311 e. The zero-order chi connectivity index (χ0) is 39.0. The monoisotopic (exact) mass is 733 g/mol. The second-order valence-corrected chi connectivity index (χ2v) is 16.5. The minimum Gasteiger partial charge on any atom is -0.459 e. The molecule has 0 unspecified atom stereocenters. The van der Waals surface area contributed by atoms with Gasteiger partial charge in [-0.25, -0.2) is 0 Å². The number of likely N-dealkylation sites (N-methyl/N-ethyl adjacent to an activating group) is 1. The quantitative estimate of drug-likeness (QED) is 0.238. The number of Topliss-reactive ketones (excluding diaryl/α,β-unsaturated/α-hetero) is 1. The average molecular weight is 734 g/mol. The first-order valence-corrected chi connectivity index (χ1v) is 18.5. The highest BCUT2D eigenvalue weighted by molar-refractivity contribution is 5.83. The lowest BCUT2D eigenvalue weighted by atomic mass is 9.74. The highest BCUT2D eigenvalue weighted by atomic mass is 16.7. The van der Waals surface area contributed by atoms with Crippen molar-refractivity contribution in [3.8, 4) is 0 Å². The fraction of sp³-hybridized carbons (Fsp3) is 0.946. The molecule has 14 heteroatoms. The maximum absolute atomic E-state index is 14.1. The summed E-state index contributed by atoms with van der Waals surface area (Å²) in [5.41, 5.74) is -4.84. The number of rotatable bonds is 7. The van der Waals surface area contributed by atoms with Crippen LogP contribution in [0.5, 0.6) is 0 Å². The van der Waals surface area contributed by atoms with Crippen molar-refractivity contribution in [3.63, 3.8) is 0 Å². The summed E-state index contributed by atoms with van der Waals surface area (Å²) >= 11 is 0. The van der Waals surface area contributed by atoms with Gasteiger partial charge in [0.15, 0.2) is 12.6 Å². The number of hydrogen-bond acceptors (Lipinski definition) is 14. The molecular formula is C37H67NO13. The Morgan fingerprint density at radius 1 is 0.882 bits per heavy atom. The molecule has 0 spiro atoms. The number of aliphatic hydroxyl groups is 5. The minimum atomic E-state index is -1.99. The number of nitrogens with zero attached hydrogens (tertiary/aromatic N) is 1. The molecule has 0 aromatic heterocycles. The van der Waals surface area contributed by atoms with E-state index in [0.29, 0.717) is 6.42 Å². The molecule has 0 bridgehead atoms. The number of cyclic esters (lactones) is 1. The third-order valence-electron chi connectivity index (χ3n) is 11.8. The Bertz CT molecular complexity index is 1170. The molecule has 0 amide bonds. The molecule has 3 saturated heterocycles. The van der Waals surface area contributed by atoms with Crippen LogP contribution in [0.2, 0.25) is 0 Å². The lowest BCUT2D eigenvalue weighted by molar-refractivity contribution is -0.318. The van der Waals surface area contributed by atoms with Crippen molar-refractivity contribution in [2.45, 2.75) is 179 Å². The van der Waals surface area contributed by atoms with Crippen molar-refractivity contribution in [2.24, 2.45) is 23.7 Å². The van der Waals surface area contributed by atoms with Gasteiger partial charge in [0.25, 0.3) is 0 Å². The molecule has 18 atom stereocenters. The predicted molar refractivity (Wildman–Crippen MR) is 186 cm³/mol. The van der Waals surface area contributed by atoms with Crippen LogP contribution in [0.25, 0.3) is 0 Å². The number of carbonyl (C=O) groups excluding carboxylic acids is 2. The van der Waals surface area contributed by atoms with E-state index >= 15 is 0 Å². The van der Waals surface area contributed by atoms with Crippen LogP contribution in [-0.4, -0.2) is 148 Å². The Morgan fingerprint density at radius 3 is 2.04 bits per heavy atom. The van der Waals surface area contributed by atoms with Crippen molar-refractivity contribution < 1.29 is 63.5 Å². The van der Waals surface area contributed by atoms with Gasteiger partial charge >= 0.3 is 5.97 Å². The second-order valence-electron chi connectivity index (χ2n) is 16.5. The van der Waals surface area contributed by atoms with E-state index in [1.54, 1.807) is 41.5 Å². The third kappa shape index (κ3) is 9.51. The molecule has 0 aliphatic carbocycles. The summed E-state index contributed by atoms with van der Waals surface area (Å²) < 4.78 is 37.1. The molecular weight excluding hydrogens is 666 g/mol. The molecule has 14 nitrogen and oxygen atoms in total. The van der Waals surface area contributed by atoms with Gasteiger partial charge < -0.3 is 58.9 Å². The van der Waals surface area contributed by atoms with Crippen molar-refractivity contribution in [1.82, 2.24) is 4.90 Å². The van der Waals surface area contributed by atoms with Crippen LogP contribution in [0, 0.1) is 23.7 Å². The SMILES string of the molecule is CC[C@H]1OC(=O)[C@H](C)[C@@H](O[C@@H]2C[C@](C)(OC)[C@H](O)[C@@H](C)O2)[C@H](C)[C@@H](O[C@H]2O[C@H](C)C[C@H](N(C)C)[C@H]2O)[C@](C)(O)C[C@@H](C)C(=O)[C@H](C)[C@@H](O)[C@]1(C)O. The van der Waals surface area contributed by atoms with Gasteiger partial charge in [0.2, 0.25) is 0 Å². The van der Waals surface area contributed by atoms with Gasteiger partial charge in [0.1, 0.15) is 29.7 Å². The van der Waals surface area contributed by atoms with Gasteiger partial charge in [0, 0.05) is 37.3 Å². The Hall–Kier alpha value is -1.30. The summed E-state index contributed by atoms with van der Waals surface area (Å²) in [6, 6.07) is -0.324. The summed E-state index contributed by atoms with van der Waals surface area (Å²) in [7, 11) is 5.18. The fourth-order valence-corrected chi connectivity index (χ4v) is 8.41. The molecule has 3 aliphatic heterocycles. The lowest BCUT2D eigenvalue weighted by Gasteiger charge is -2.49. The second kappa shape index (κ2) is 17.0. The number of ether oxygens (including phenoxy) is 6. The molecule has 0 aromatic carbocycles. The van der Waals surface area contributed by atoms with Crippen molar-refractivity contribution in [2.75, 3.05) is 21.2 Å². The molecule has 5 N–H and O–H groups in total. The standard InChI is InChI=1S/C37H67NO13/c1-14-25-37(10,45)30(41)20(4)27(39)18(2)16-35(8,44)32(51-34-28(40)24(38(11)12)15-19(3)47-34)21(5)29(22(6)33(43)49-25)50-26-17-36(9,46-13)31(42)23(7)48-26/h18-26,28-32,34,40-42,44-45H,14-17H2,1-13H3/t18-,19-,20+,21+,22-,23-,24+,25-,26-,28-,29+,30-,31-,32-,34-,35-,36+,37-/m1/s1. The van der Waals surface area contributed by atoms with E-state index in [-0.39, 0.29) is 31.4 Å². The number of methoxy groups -OCH3 is 1. The number of esters is 1. The first-order valence-electron chi connectivity index (χ1n) is 18.5. The zero-order valence-corrected chi connectivity index (χ0v) is 32.9. The Morgan fingerprint density at radius 2 is 1.49 bits per heavy atom. The van der Waals surface area contributed by atoms with Gasteiger partial charge in [-0.05, 0) is 74.9 Å². The first-order chi connectivity index (χ1) is 23.4. The first kappa shape index (κ1) is 44.1. The minimum absolute atomic E-state index is 0.0936. The molecule has 0 saturated carbocycles. The van der Waals surface area contributed by atoms with E-state index in [2.05, 4.69) is 0 Å². The average Bonchev–Trinajstić information content (AvgIpc) is 3.05. The molecule has 3 heterocycles. The van der Waals surface area contributed by atoms with Crippen LogP contribution < -0.4 is 0 Å². The normalized spacial score (nSPS) is 49.7. The van der Waals surface area contributed by atoms with E-state index in [1.165, 1.54) is 27.9 Å². The van der Waals surface area contributed by atoms with E-state index in [0.717, 1.165) is 0 Å². The largest absolute Gasteiger partial charge is 0.459 e. The molecule has 3 fully saturated rings. The van der Waals surface area contributed by atoms with E-state index in [4.69, 9.17) is 28.4 Å². The van der Waals surface area contributed by atoms with Crippen molar-refractivity contribution >= 4 is 11.8 Å². The summed E-state index contributed by atoms with van der Waals surface area (Å²) in [4.78, 5) is 29.8. The number of ketones is 1. The molecule has 0 radical (unpaired) electrons. The maximum atomic E-state index is 14.1. The fourth-order valence-electron chi connectivity index (χ4n) is 8.41. The Kier molecular flexibility index (Phi) is 14.7. The molecule has 51 heavy (non-hydrogen) atoms. The van der Waals surface area contributed by atoms with Crippen LogP contribution in [0.4, 0.5) is 0 Å². The van der Waals surface area contributed by atoms with Crippen LogP contribution in [0.15, 0.2) is 0 Å². The molecule has 298 valence electrons. The van der Waals surface area contributed by atoms with E-state index in [9.17, 15) is 35.1 Å². The van der Waals surface area contributed by atoms with Gasteiger partial charge in [-0.1, -0.05) is 27.7 Å². The highest BCUT2D eigenvalue weighted by Gasteiger charge is 2.53. The molecule has 3 rings (SSSR count). The Balaban J connectivity index is 2.18. The van der Waals surface area contributed by atoms with Crippen LogP contribution in [0.3, 0.4) is 0 Å². The van der Waals surface area contributed by atoms with Crippen LogP contribution in [0.1, 0.15) is 94.9 Å². The van der Waals surface area contributed by atoms with E-state index < -0.39 is 108 Å². The number of aliphatic hydroxyl groups excluding tert-OH is 3. The van der Waals surface area contributed by atoms with Crippen molar-refractivity contribution in [3.05, 3.63) is 0 Å². The van der Waals surface area contributed by atoms with Gasteiger partial charge in [0.05, 0.1) is 47.6 Å². The van der Waals surface area contributed by atoms with Crippen LogP contribution in [-0.2, 0) is 38.0 Å². The summed E-state index contributed by atoms with van der Waals surface area (Å²) in [5, 5.41) is 57.6. The number of hydrogen-bond donors (Lipinski definition) is 5. The summed E-state index contributed by atoms with van der Waals surface area (Å²) in [5.74, 6) is -4.98. The summed E-state index contributed by atoms with van der Waals surface area (Å²) in [6.07, 6.45) is -9.71. The van der Waals surface area contributed by atoms with Gasteiger partial charge in [-0.15, -0.1) is 0 Å². The maximum Gasteiger partial charge on any atom is 0.311 e. The molecule has 0 aromatic rings. The van der Waals surface area contributed by atoms with Gasteiger partial charge in [-0.2, -0.15) is 0 Å². The van der Waals surface area contributed by atoms with E-state index in [1.807, 2.05) is 25.9 Å². The predicted octanol–water partition coefficient (Wildman–Crippen LogP) is 1.79. The lowest BCUT2D eigenvalue weighted by Crippen LogP contribution is -2.61. The topological polar surface area (TPSA) is 194 Å². The van der Waals surface area contributed by atoms with Crippen molar-refractivity contribution in [1.29, 1.82) is 0 Å². The highest BCUT2D eigenvalue weighted by Crippen LogP contribution is 2.40. The molecule has 3 aliphatic rings.